The number of ether oxygens (including phenoxy) is 1. The van der Waals surface area contributed by atoms with Gasteiger partial charge in [-0.05, 0) is 43.7 Å². The summed E-state index contributed by atoms with van der Waals surface area (Å²) in [6.07, 6.45) is 4.19. The highest BCUT2D eigenvalue weighted by Gasteiger charge is 2.22. The second-order valence-electron chi connectivity index (χ2n) is 7.88. The molecule has 1 aliphatic rings. The molecule has 1 fully saturated rings. The van der Waals surface area contributed by atoms with E-state index in [1.54, 1.807) is 36.4 Å². The standard InChI is InChI=1S/C14H12O3.C10H18ClN3O2/c1-17-11-7-8-12(13(15)9-11)14(16)10-5-3-2-4-6-10;1-8-2-4-9(5-3-8)12-10(15)14(13-16)7-6-11/h2-9,15H,1H3;8-9H,2-7H2,1H3,(H,12,15). The maximum Gasteiger partial charge on any atom is 0.340 e. The van der Waals surface area contributed by atoms with Crippen molar-refractivity contribution in [1.82, 2.24) is 10.3 Å². The van der Waals surface area contributed by atoms with Crippen molar-refractivity contribution in [3.05, 3.63) is 64.6 Å². The number of urea groups is 1. The number of hydrogen-bond donors (Lipinski definition) is 2. The fourth-order valence-electron chi connectivity index (χ4n) is 3.49. The molecule has 9 heteroatoms. The molecule has 0 radical (unpaired) electrons. The average molecular weight is 476 g/mol. The smallest absolute Gasteiger partial charge is 0.340 e. The van der Waals surface area contributed by atoms with Gasteiger partial charge < -0.3 is 15.2 Å². The molecule has 1 saturated carbocycles. The van der Waals surface area contributed by atoms with E-state index in [1.807, 2.05) is 6.07 Å². The maximum absolute atomic E-state index is 12.1. The summed E-state index contributed by atoms with van der Waals surface area (Å²) in [5.41, 5.74) is 0.824. The van der Waals surface area contributed by atoms with Gasteiger partial charge in [-0.15, -0.1) is 16.5 Å². The summed E-state index contributed by atoms with van der Waals surface area (Å²) in [4.78, 5) is 34.0. The zero-order valence-electron chi connectivity index (χ0n) is 18.9. The summed E-state index contributed by atoms with van der Waals surface area (Å²) in [6.45, 7) is 2.37. The van der Waals surface area contributed by atoms with Crippen LogP contribution in [0.15, 0.2) is 53.8 Å². The minimum absolute atomic E-state index is 0.0711. The van der Waals surface area contributed by atoms with Crippen molar-refractivity contribution in [3.8, 4) is 11.5 Å². The van der Waals surface area contributed by atoms with Crippen LogP contribution < -0.4 is 10.1 Å². The van der Waals surface area contributed by atoms with Crippen LogP contribution in [0, 0.1) is 10.8 Å². The van der Waals surface area contributed by atoms with E-state index in [0.717, 1.165) is 36.6 Å². The highest BCUT2D eigenvalue weighted by atomic mass is 35.5. The molecule has 2 N–H and O–H groups in total. The molecular weight excluding hydrogens is 446 g/mol. The monoisotopic (exact) mass is 475 g/mol. The molecule has 0 atom stereocenters. The zero-order valence-corrected chi connectivity index (χ0v) is 19.6. The minimum atomic E-state index is -0.435. The van der Waals surface area contributed by atoms with E-state index in [1.165, 1.54) is 13.2 Å². The SMILES string of the molecule is CC1CCC(NC(=O)N(CCCl)N=O)CC1.COc1ccc(C(=O)c2ccccc2)c(O)c1. The van der Waals surface area contributed by atoms with Crippen molar-refractivity contribution >= 4 is 23.4 Å². The van der Waals surface area contributed by atoms with Crippen molar-refractivity contribution in [1.29, 1.82) is 0 Å². The average Bonchev–Trinajstić information content (AvgIpc) is 2.84. The van der Waals surface area contributed by atoms with E-state index in [9.17, 15) is 19.6 Å². The van der Waals surface area contributed by atoms with E-state index in [-0.39, 0.29) is 35.6 Å². The second kappa shape index (κ2) is 13.4. The van der Waals surface area contributed by atoms with Crippen LogP contribution in [-0.4, -0.2) is 47.5 Å². The Morgan fingerprint density at radius 3 is 2.36 bits per heavy atom. The first-order valence-electron chi connectivity index (χ1n) is 10.8. The molecule has 33 heavy (non-hydrogen) atoms. The van der Waals surface area contributed by atoms with Crippen LogP contribution >= 0.6 is 11.6 Å². The number of carbonyl (C=O) groups excluding carboxylic acids is 2. The third-order valence-electron chi connectivity index (χ3n) is 5.46. The Morgan fingerprint density at radius 2 is 1.82 bits per heavy atom. The molecule has 2 aromatic carbocycles. The lowest BCUT2D eigenvalue weighted by atomic mass is 9.87. The number of aromatic hydroxyl groups is 1. The number of hydrogen-bond acceptors (Lipinski definition) is 6. The summed E-state index contributed by atoms with van der Waals surface area (Å²) in [5.74, 6) is 1.19. The minimum Gasteiger partial charge on any atom is -0.507 e. The van der Waals surface area contributed by atoms with Gasteiger partial charge in [0.05, 0.1) is 24.5 Å². The number of ketones is 1. The Hall–Kier alpha value is -3.13. The lowest BCUT2D eigenvalue weighted by Crippen LogP contribution is -2.44. The van der Waals surface area contributed by atoms with Crippen molar-refractivity contribution in [2.75, 3.05) is 19.5 Å². The normalized spacial score (nSPS) is 17.2. The molecule has 0 saturated heterocycles. The van der Waals surface area contributed by atoms with Crippen LogP contribution in [-0.2, 0) is 0 Å². The van der Waals surface area contributed by atoms with E-state index in [0.29, 0.717) is 11.3 Å². The van der Waals surface area contributed by atoms with Crippen LogP contribution in [0.2, 0.25) is 0 Å². The van der Waals surface area contributed by atoms with Crippen LogP contribution in [0.4, 0.5) is 4.79 Å². The number of alkyl halides is 1. The highest BCUT2D eigenvalue weighted by molar-refractivity contribution is 6.18. The topological polar surface area (TPSA) is 108 Å². The van der Waals surface area contributed by atoms with Crippen LogP contribution in [0.1, 0.15) is 48.5 Å². The highest BCUT2D eigenvalue weighted by Crippen LogP contribution is 2.25. The molecule has 1 aliphatic carbocycles. The third-order valence-corrected chi connectivity index (χ3v) is 5.63. The van der Waals surface area contributed by atoms with Gasteiger partial charge in [-0.2, -0.15) is 5.01 Å². The Labute approximate surface area is 198 Å². The predicted molar refractivity (Wildman–Crippen MR) is 128 cm³/mol. The van der Waals surface area contributed by atoms with E-state index in [4.69, 9.17) is 16.3 Å². The summed E-state index contributed by atoms with van der Waals surface area (Å²) in [5, 5.41) is 16.0. The molecular formula is C24H30ClN3O5. The van der Waals surface area contributed by atoms with E-state index in [2.05, 4.69) is 17.5 Å². The quantitative estimate of drug-likeness (QED) is 0.250. The number of methoxy groups -OCH3 is 1. The van der Waals surface area contributed by atoms with Gasteiger partial charge in [0.2, 0.25) is 0 Å². The van der Waals surface area contributed by atoms with E-state index >= 15 is 0 Å². The van der Waals surface area contributed by atoms with Gasteiger partial charge in [0.1, 0.15) is 11.5 Å². The Bertz CT molecular complexity index is 918. The molecule has 0 bridgehead atoms. The molecule has 0 aliphatic heterocycles. The van der Waals surface area contributed by atoms with Crippen molar-refractivity contribution in [2.24, 2.45) is 11.2 Å². The number of carbonyl (C=O) groups is 2. The number of phenols is 1. The number of nitroso groups, excluding NO2 is 1. The number of rotatable bonds is 7. The first-order chi connectivity index (χ1) is 15.9. The lowest BCUT2D eigenvalue weighted by molar-refractivity contribution is 0.103. The lowest BCUT2D eigenvalue weighted by Gasteiger charge is -2.27. The second-order valence-corrected chi connectivity index (χ2v) is 8.26. The van der Waals surface area contributed by atoms with Crippen molar-refractivity contribution in [3.63, 3.8) is 0 Å². The van der Waals surface area contributed by atoms with Gasteiger partial charge in [0.25, 0.3) is 0 Å². The van der Waals surface area contributed by atoms with Gasteiger partial charge >= 0.3 is 6.03 Å². The predicted octanol–water partition coefficient (Wildman–Crippen LogP) is 5.13. The van der Waals surface area contributed by atoms with Crippen molar-refractivity contribution in [2.45, 2.75) is 38.6 Å². The largest absolute Gasteiger partial charge is 0.507 e. The molecule has 178 valence electrons. The van der Waals surface area contributed by atoms with Gasteiger partial charge in [-0.3, -0.25) is 4.79 Å². The van der Waals surface area contributed by atoms with Crippen LogP contribution in [0.25, 0.3) is 0 Å². The van der Waals surface area contributed by atoms with Crippen LogP contribution in [0.3, 0.4) is 0 Å². The first kappa shape index (κ1) is 26.1. The fraction of sp³-hybridized carbons (Fsp3) is 0.417. The Kier molecular flexibility index (Phi) is 10.6. The van der Waals surface area contributed by atoms with Gasteiger partial charge in [0, 0.05) is 23.6 Å². The molecule has 0 aromatic heterocycles. The number of benzene rings is 2. The number of amides is 2. The maximum atomic E-state index is 12.1. The zero-order chi connectivity index (χ0) is 24.2. The summed E-state index contributed by atoms with van der Waals surface area (Å²) in [6, 6.07) is 13.2. The molecule has 8 nitrogen and oxygen atoms in total. The molecule has 2 amide bonds. The number of nitrogens with one attached hydrogen (secondary N) is 1. The number of phenolic OH excluding ortho intramolecular Hbond substituents is 1. The Balaban J connectivity index is 0.000000234. The summed E-state index contributed by atoms with van der Waals surface area (Å²) < 4.78 is 4.96. The third kappa shape index (κ3) is 8.05. The molecule has 0 unspecified atom stereocenters. The molecule has 2 aromatic rings. The summed E-state index contributed by atoms with van der Waals surface area (Å²) in [7, 11) is 1.51. The molecule has 0 heterocycles. The van der Waals surface area contributed by atoms with Crippen molar-refractivity contribution < 1.29 is 19.4 Å². The Morgan fingerprint density at radius 1 is 1.15 bits per heavy atom. The molecule has 0 spiro atoms. The summed E-state index contributed by atoms with van der Waals surface area (Å²) >= 11 is 5.46. The van der Waals surface area contributed by atoms with Gasteiger partial charge in [0.15, 0.2) is 5.78 Å². The number of halogens is 1. The fourth-order valence-corrected chi connectivity index (χ4v) is 3.65. The van der Waals surface area contributed by atoms with Crippen LogP contribution in [0.5, 0.6) is 11.5 Å². The number of nitrogens with zero attached hydrogens (tertiary/aromatic N) is 2. The van der Waals surface area contributed by atoms with E-state index < -0.39 is 6.03 Å². The van der Waals surface area contributed by atoms with Gasteiger partial charge in [-0.25, -0.2) is 4.79 Å². The van der Waals surface area contributed by atoms with Gasteiger partial charge in [-0.1, -0.05) is 37.3 Å². The molecule has 3 rings (SSSR count). The first-order valence-corrected chi connectivity index (χ1v) is 11.4.